The number of phenols is 1. The summed E-state index contributed by atoms with van der Waals surface area (Å²) < 4.78 is 5.56. The summed E-state index contributed by atoms with van der Waals surface area (Å²) in [6, 6.07) is 14.4. The minimum absolute atomic E-state index is 0.346. The second-order valence-corrected chi connectivity index (χ2v) is 5.92. The fourth-order valence-electron chi connectivity index (χ4n) is 3.69. The van der Waals surface area contributed by atoms with Crippen molar-refractivity contribution < 1.29 is 9.84 Å². The summed E-state index contributed by atoms with van der Waals surface area (Å²) in [4.78, 5) is 0. The highest BCUT2D eigenvalue weighted by Gasteiger charge is 2.22. The van der Waals surface area contributed by atoms with Gasteiger partial charge in [-0.25, -0.2) is 0 Å². The number of ether oxygens (including phenoxy) is 1. The van der Waals surface area contributed by atoms with Crippen LogP contribution in [0, 0.1) is 6.92 Å². The van der Waals surface area contributed by atoms with Crippen molar-refractivity contribution in [3.63, 3.8) is 0 Å². The van der Waals surface area contributed by atoms with E-state index in [1.807, 2.05) is 19.1 Å². The molecular formula is C20H18O2. The number of aryl methyl sites for hydroxylation is 3. The van der Waals surface area contributed by atoms with E-state index in [2.05, 4.69) is 30.3 Å². The highest BCUT2D eigenvalue weighted by atomic mass is 16.5. The Labute approximate surface area is 130 Å². The first-order valence-corrected chi connectivity index (χ1v) is 7.61. The van der Waals surface area contributed by atoms with E-state index in [0.717, 1.165) is 40.7 Å². The first-order valence-electron chi connectivity index (χ1n) is 7.61. The topological polar surface area (TPSA) is 29.5 Å². The van der Waals surface area contributed by atoms with Gasteiger partial charge in [-0.2, -0.15) is 0 Å². The summed E-state index contributed by atoms with van der Waals surface area (Å²) in [7, 11) is 1.69. The second-order valence-electron chi connectivity index (χ2n) is 5.92. The van der Waals surface area contributed by atoms with Gasteiger partial charge in [0.2, 0.25) is 0 Å². The zero-order chi connectivity index (χ0) is 15.3. The predicted molar refractivity (Wildman–Crippen MR) is 89.7 cm³/mol. The van der Waals surface area contributed by atoms with Gasteiger partial charge in [-0.05, 0) is 53.5 Å². The molecule has 0 amide bonds. The smallest absolute Gasteiger partial charge is 0.129 e. The molecule has 110 valence electrons. The molecule has 0 heterocycles. The van der Waals surface area contributed by atoms with E-state index in [-0.39, 0.29) is 0 Å². The average molecular weight is 290 g/mol. The molecule has 0 radical (unpaired) electrons. The van der Waals surface area contributed by atoms with Gasteiger partial charge in [0, 0.05) is 10.9 Å². The van der Waals surface area contributed by atoms with Crippen molar-refractivity contribution in [3.05, 3.63) is 59.2 Å². The summed E-state index contributed by atoms with van der Waals surface area (Å²) in [5.41, 5.74) is 5.77. The zero-order valence-corrected chi connectivity index (χ0v) is 12.8. The Bertz CT molecular complexity index is 894. The SMILES string of the molecule is COc1c(C)ccc2c3c(c(O)cc12)-c1ccccc1CC3. The third-order valence-electron chi connectivity index (χ3n) is 4.69. The summed E-state index contributed by atoms with van der Waals surface area (Å²) >= 11 is 0. The van der Waals surface area contributed by atoms with Gasteiger partial charge >= 0.3 is 0 Å². The van der Waals surface area contributed by atoms with Crippen LogP contribution in [-0.2, 0) is 12.8 Å². The van der Waals surface area contributed by atoms with Crippen molar-refractivity contribution in [1.82, 2.24) is 0 Å². The maximum Gasteiger partial charge on any atom is 0.129 e. The summed E-state index contributed by atoms with van der Waals surface area (Å²) in [6.07, 6.45) is 1.96. The van der Waals surface area contributed by atoms with Crippen molar-refractivity contribution in [2.24, 2.45) is 0 Å². The Morgan fingerprint density at radius 3 is 2.64 bits per heavy atom. The predicted octanol–water partition coefficient (Wildman–Crippen LogP) is 4.63. The van der Waals surface area contributed by atoms with Crippen molar-refractivity contribution in [2.45, 2.75) is 19.8 Å². The number of phenolic OH excluding ortho intramolecular Hbond substituents is 1. The normalized spacial score (nSPS) is 12.8. The van der Waals surface area contributed by atoms with Crippen molar-refractivity contribution in [1.29, 1.82) is 0 Å². The van der Waals surface area contributed by atoms with Crippen molar-refractivity contribution in [3.8, 4) is 22.6 Å². The second kappa shape index (κ2) is 4.77. The number of methoxy groups -OCH3 is 1. The molecule has 1 aliphatic carbocycles. The Morgan fingerprint density at radius 2 is 1.82 bits per heavy atom. The van der Waals surface area contributed by atoms with Crippen LogP contribution in [0.1, 0.15) is 16.7 Å². The van der Waals surface area contributed by atoms with Crippen LogP contribution in [0.25, 0.3) is 21.9 Å². The lowest BCUT2D eigenvalue weighted by atomic mass is 9.82. The van der Waals surface area contributed by atoms with Gasteiger partial charge in [0.05, 0.1) is 7.11 Å². The van der Waals surface area contributed by atoms with E-state index in [9.17, 15) is 5.11 Å². The Balaban J connectivity index is 2.12. The molecule has 2 heteroatoms. The summed E-state index contributed by atoms with van der Waals surface area (Å²) in [6.45, 7) is 2.03. The van der Waals surface area contributed by atoms with E-state index in [4.69, 9.17) is 4.74 Å². The minimum atomic E-state index is 0.346. The molecule has 3 aromatic rings. The highest BCUT2D eigenvalue weighted by Crippen LogP contribution is 2.45. The summed E-state index contributed by atoms with van der Waals surface area (Å²) in [5, 5.41) is 12.8. The number of benzene rings is 3. The molecule has 0 fully saturated rings. The molecular weight excluding hydrogens is 272 g/mol. The largest absolute Gasteiger partial charge is 0.507 e. The molecule has 0 bridgehead atoms. The molecule has 4 rings (SSSR count). The van der Waals surface area contributed by atoms with Crippen molar-refractivity contribution in [2.75, 3.05) is 7.11 Å². The fraction of sp³-hybridized carbons (Fsp3) is 0.200. The minimum Gasteiger partial charge on any atom is -0.507 e. The van der Waals surface area contributed by atoms with Gasteiger partial charge in [-0.1, -0.05) is 36.4 Å². The van der Waals surface area contributed by atoms with E-state index in [1.54, 1.807) is 7.11 Å². The standard InChI is InChI=1S/C20H18O2/c1-12-7-9-15-16-10-8-13-5-3-4-6-14(13)19(16)18(21)11-17(15)20(12)22-2/h3-7,9,11,21H,8,10H2,1-2H3. The van der Waals surface area contributed by atoms with Gasteiger partial charge in [-0.3, -0.25) is 0 Å². The van der Waals surface area contributed by atoms with E-state index >= 15 is 0 Å². The molecule has 3 aromatic carbocycles. The Kier molecular flexibility index (Phi) is 2.86. The quantitative estimate of drug-likeness (QED) is 0.708. The first-order chi connectivity index (χ1) is 10.7. The zero-order valence-electron chi connectivity index (χ0n) is 12.8. The van der Waals surface area contributed by atoms with Crippen LogP contribution in [0.5, 0.6) is 11.5 Å². The van der Waals surface area contributed by atoms with Gasteiger partial charge in [0.1, 0.15) is 11.5 Å². The number of fused-ring (bicyclic) bond motifs is 5. The van der Waals surface area contributed by atoms with Crippen LogP contribution in [0.15, 0.2) is 42.5 Å². The fourth-order valence-corrected chi connectivity index (χ4v) is 3.69. The van der Waals surface area contributed by atoms with Gasteiger partial charge in [-0.15, -0.1) is 0 Å². The van der Waals surface area contributed by atoms with Crippen LogP contribution in [0.3, 0.4) is 0 Å². The molecule has 1 N–H and O–H groups in total. The van der Waals surface area contributed by atoms with Crippen LogP contribution >= 0.6 is 0 Å². The Hall–Kier alpha value is -2.48. The van der Waals surface area contributed by atoms with Gasteiger partial charge < -0.3 is 9.84 Å². The molecule has 0 atom stereocenters. The lowest BCUT2D eigenvalue weighted by molar-refractivity contribution is 0.416. The molecule has 0 unspecified atom stereocenters. The third-order valence-corrected chi connectivity index (χ3v) is 4.69. The number of rotatable bonds is 1. The van der Waals surface area contributed by atoms with E-state index < -0.39 is 0 Å². The lowest BCUT2D eigenvalue weighted by Crippen LogP contribution is -2.05. The Morgan fingerprint density at radius 1 is 1.00 bits per heavy atom. The van der Waals surface area contributed by atoms with E-state index in [1.165, 1.54) is 16.5 Å². The summed E-state index contributed by atoms with van der Waals surface area (Å²) in [5.74, 6) is 1.20. The molecule has 0 aliphatic heterocycles. The van der Waals surface area contributed by atoms with Gasteiger partial charge in [0.25, 0.3) is 0 Å². The van der Waals surface area contributed by atoms with Gasteiger partial charge in [0.15, 0.2) is 0 Å². The molecule has 22 heavy (non-hydrogen) atoms. The number of aromatic hydroxyl groups is 1. The molecule has 0 saturated heterocycles. The maximum absolute atomic E-state index is 10.7. The van der Waals surface area contributed by atoms with Crippen LogP contribution < -0.4 is 4.74 Å². The average Bonchev–Trinajstić information content (AvgIpc) is 2.54. The molecule has 2 nitrogen and oxygen atoms in total. The molecule has 1 aliphatic rings. The van der Waals surface area contributed by atoms with Crippen LogP contribution in [0.4, 0.5) is 0 Å². The first kappa shape index (κ1) is 13.2. The van der Waals surface area contributed by atoms with Crippen LogP contribution in [-0.4, -0.2) is 12.2 Å². The molecule has 0 saturated carbocycles. The van der Waals surface area contributed by atoms with Crippen LogP contribution in [0.2, 0.25) is 0 Å². The maximum atomic E-state index is 10.7. The third kappa shape index (κ3) is 1.73. The molecule has 0 spiro atoms. The van der Waals surface area contributed by atoms with Crippen molar-refractivity contribution >= 4 is 10.8 Å². The van der Waals surface area contributed by atoms with E-state index in [0.29, 0.717) is 5.75 Å². The molecule has 0 aromatic heterocycles. The lowest BCUT2D eigenvalue weighted by Gasteiger charge is -2.23. The monoisotopic (exact) mass is 290 g/mol. The highest BCUT2D eigenvalue weighted by molar-refractivity contribution is 5.99. The number of hydrogen-bond donors (Lipinski definition) is 1. The number of hydrogen-bond acceptors (Lipinski definition) is 2.